The van der Waals surface area contributed by atoms with Crippen LogP contribution in [0.1, 0.15) is 53.5 Å². The zero-order valence-electron chi connectivity index (χ0n) is 15.7. The Morgan fingerprint density at radius 1 is 1.21 bits per heavy atom. The highest BCUT2D eigenvalue weighted by Crippen LogP contribution is 2.43. The number of ether oxygens (including phenoxy) is 2. The molecule has 1 atom stereocenters. The highest BCUT2D eigenvalue weighted by molar-refractivity contribution is 9.10. The summed E-state index contributed by atoms with van der Waals surface area (Å²) >= 11 is 3.54. The van der Waals surface area contributed by atoms with Gasteiger partial charge in [0, 0.05) is 12.1 Å². The quantitative estimate of drug-likeness (QED) is 0.622. The summed E-state index contributed by atoms with van der Waals surface area (Å²) in [6.45, 7) is 12.2. The van der Waals surface area contributed by atoms with Crippen LogP contribution in [0.4, 0.5) is 10.5 Å². The molecule has 2 rings (SSSR count). The van der Waals surface area contributed by atoms with Gasteiger partial charge >= 0.3 is 6.09 Å². The molecular formula is C19H28BrNO3. The number of rotatable bonds is 1. The molecule has 0 spiro atoms. The van der Waals surface area contributed by atoms with Crippen LogP contribution in [0.15, 0.2) is 16.6 Å². The van der Waals surface area contributed by atoms with E-state index in [4.69, 9.17) is 9.47 Å². The molecule has 0 fully saturated rings. The predicted molar refractivity (Wildman–Crippen MR) is 101 cm³/mol. The van der Waals surface area contributed by atoms with E-state index >= 15 is 0 Å². The SMILES string of the molecule is COc1cc2c(cc1Br)CCC(C(C)(C)C)N2C(=O)OC(C)(C)C. The van der Waals surface area contributed by atoms with E-state index in [1.54, 1.807) is 7.11 Å². The fourth-order valence-electron chi connectivity index (χ4n) is 3.11. The lowest BCUT2D eigenvalue weighted by atomic mass is 9.79. The fourth-order valence-corrected chi connectivity index (χ4v) is 3.66. The largest absolute Gasteiger partial charge is 0.495 e. The molecule has 0 saturated heterocycles. The van der Waals surface area contributed by atoms with Gasteiger partial charge in [-0.25, -0.2) is 4.79 Å². The maximum Gasteiger partial charge on any atom is 0.415 e. The minimum absolute atomic E-state index is 0.0467. The maximum absolute atomic E-state index is 13.0. The third-order valence-electron chi connectivity index (χ3n) is 4.20. The Kier molecular flexibility index (Phi) is 5.24. The van der Waals surface area contributed by atoms with Crippen LogP contribution in [0.25, 0.3) is 0 Å². The summed E-state index contributed by atoms with van der Waals surface area (Å²) in [4.78, 5) is 14.8. The van der Waals surface area contributed by atoms with Crippen molar-refractivity contribution in [1.29, 1.82) is 0 Å². The second-order valence-corrected chi connectivity index (χ2v) is 9.24. The number of halogens is 1. The van der Waals surface area contributed by atoms with Gasteiger partial charge in [0.15, 0.2) is 0 Å². The van der Waals surface area contributed by atoms with Gasteiger partial charge in [-0.15, -0.1) is 0 Å². The first-order valence-electron chi connectivity index (χ1n) is 8.32. The second kappa shape index (κ2) is 6.58. The Morgan fingerprint density at radius 2 is 1.83 bits per heavy atom. The lowest BCUT2D eigenvalue weighted by molar-refractivity contribution is 0.0531. The van der Waals surface area contributed by atoms with Crippen LogP contribution in [-0.4, -0.2) is 24.8 Å². The number of hydrogen-bond acceptors (Lipinski definition) is 3. The average Bonchev–Trinajstić information content (AvgIpc) is 2.42. The molecule has 0 N–H and O–H groups in total. The van der Waals surface area contributed by atoms with Gasteiger partial charge in [0.05, 0.1) is 17.3 Å². The monoisotopic (exact) mass is 397 g/mol. The van der Waals surface area contributed by atoms with Crippen molar-refractivity contribution in [3.05, 3.63) is 22.2 Å². The van der Waals surface area contributed by atoms with Crippen LogP contribution in [0.5, 0.6) is 5.75 Å². The van der Waals surface area contributed by atoms with Crippen molar-refractivity contribution < 1.29 is 14.3 Å². The van der Waals surface area contributed by atoms with Crippen molar-refractivity contribution in [3.63, 3.8) is 0 Å². The summed E-state index contributed by atoms with van der Waals surface area (Å²) in [7, 11) is 1.63. The van der Waals surface area contributed by atoms with E-state index in [-0.39, 0.29) is 17.6 Å². The zero-order valence-corrected chi connectivity index (χ0v) is 17.3. The van der Waals surface area contributed by atoms with Gasteiger partial charge in [-0.3, -0.25) is 4.90 Å². The van der Waals surface area contributed by atoms with E-state index in [0.717, 1.165) is 34.3 Å². The van der Waals surface area contributed by atoms with Gasteiger partial charge < -0.3 is 9.47 Å². The number of nitrogens with zero attached hydrogens (tertiary/aromatic N) is 1. The van der Waals surface area contributed by atoms with Gasteiger partial charge in [-0.05, 0) is 66.6 Å². The minimum atomic E-state index is -0.531. The molecule has 0 aromatic heterocycles. The molecule has 1 unspecified atom stereocenters. The molecule has 1 aromatic rings. The highest BCUT2D eigenvalue weighted by Gasteiger charge is 2.40. The molecule has 1 aromatic carbocycles. The summed E-state index contributed by atoms with van der Waals surface area (Å²) < 4.78 is 12.0. The first-order chi connectivity index (χ1) is 10.9. The van der Waals surface area contributed by atoms with Crippen LogP contribution in [-0.2, 0) is 11.2 Å². The van der Waals surface area contributed by atoms with Crippen LogP contribution in [0.3, 0.4) is 0 Å². The van der Waals surface area contributed by atoms with Crippen LogP contribution in [0.2, 0.25) is 0 Å². The smallest absolute Gasteiger partial charge is 0.415 e. The number of methoxy groups -OCH3 is 1. The van der Waals surface area contributed by atoms with Gasteiger partial charge in [0.2, 0.25) is 0 Å². The number of benzene rings is 1. The average molecular weight is 398 g/mol. The Balaban J connectivity index is 2.54. The fraction of sp³-hybridized carbons (Fsp3) is 0.632. The maximum atomic E-state index is 13.0. The van der Waals surface area contributed by atoms with E-state index in [1.807, 2.05) is 37.8 Å². The Hall–Kier alpha value is -1.23. The molecule has 1 amide bonds. The third kappa shape index (κ3) is 4.05. The summed E-state index contributed by atoms with van der Waals surface area (Å²) in [6.07, 6.45) is 1.54. The van der Waals surface area contributed by atoms with Gasteiger partial charge in [0.25, 0.3) is 0 Å². The number of anilines is 1. The number of fused-ring (bicyclic) bond motifs is 1. The van der Waals surface area contributed by atoms with E-state index in [2.05, 4.69) is 36.7 Å². The molecule has 0 bridgehead atoms. The summed E-state index contributed by atoms with van der Waals surface area (Å²) in [5.74, 6) is 0.719. The van der Waals surface area contributed by atoms with Crippen LogP contribution in [0, 0.1) is 5.41 Å². The van der Waals surface area contributed by atoms with E-state index < -0.39 is 5.60 Å². The number of carbonyl (C=O) groups is 1. The van der Waals surface area contributed by atoms with Gasteiger partial charge in [-0.1, -0.05) is 20.8 Å². The first kappa shape index (κ1) is 19.1. The summed E-state index contributed by atoms with van der Waals surface area (Å²) in [6, 6.07) is 4.05. The van der Waals surface area contributed by atoms with Crippen LogP contribution >= 0.6 is 15.9 Å². The molecule has 134 valence electrons. The van der Waals surface area contributed by atoms with Crippen molar-refractivity contribution in [1.82, 2.24) is 0 Å². The van der Waals surface area contributed by atoms with E-state index in [1.165, 1.54) is 0 Å². The lowest BCUT2D eigenvalue weighted by Crippen LogP contribution is -2.51. The summed E-state index contributed by atoms with van der Waals surface area (Å²) in [5, 5.41) is 0. The highest BCUT2D eigenvalue weighted by atomic mass is 79.9. The number of carbonyl (C=O) groups excluding carboxylic acids is 1. The normalized spacial score (nSPS) is 18.2. The van der Waals surface area contributed by atoms with Crippen molar-refractivity contribution in [2.45, 2.75) is 66.0 Å². The second-order valence-electron chi connectivity index (χ2n) is 8.39. The predicted octanol–water partition coefficient (Wildman–Crippen LogP) is 5.56. The molecule has 0 aliphatic carbocycles. The molecule has 5 heteroatoms. The lowest BCUT2D eigenvalue weighted by Gasteiger charge is -2.44. The first-order valence-corrected chi connectivity index (χ1v) is 9.12. The third-order valence-corrected chi connectivity index (χ3v) is 4.82. The van der Waals surface area contributed by atoms with Crippen molar-refractivity contribution >= 4 is 27.7 Å². The number of hydrogen-bond donors (Lipinski definition) is 0. The Labute approximate surface area is 153 Å². The molecule has 4 nitrogen and oxygen atoms in total. The molecule has 1 aliphatic heterocycles. The Morgan fingerprint density at radius 3 is 2.33 bits per heavy atom. The topological polar surface area (TPSA) is 38.8 Å². The number of amides is 1. The summed E-state index contributed by atoms with van der Waals surface area (Å²) in [5.41, 5.74) is 1.44. The molecule has 1 heterocycles. The van der Waals surface area contributed by atoms with Gasteiger partial charge in [0.1, 0.15) is 11.4 Å². The molecular weight excluding hydrogens is 370 g/mol. The molecule has 0 saturated carbocycles. The zero-order chi connectivity index (χ0) is 18.3. The Bertz CT molecular complexity index is 629. The van der Waals surface area contributed by atoms with Crippen molar-refractivity contribution in [2.75, 3.05) is 12.0 Å². The van der Waals surface area contributed by atoms with Crippen LogP contribution < -0.4 is 9.64 Å². The van der Waals surface area contributed by atoms with E-state index in [0.29, 0.717) is 0 Å². The van der Waals surface area contributed by atoms with E-state index in [9.17, 15) is 4.79 Å². The molecule has 0 radical (unpaired) electrons. The van der Waals surface area contributed by atoms with Crippen molar-refractivity contribution in [3.8, 4) is 5.75 Å². The molecule has 24 heavy (non-hydrogen) atoms. The number of aryl methyl sites for hydroxylation is 1. The molecule has 1 aliphatic rings. The minimum Gasteiger partial charge on any atom is -0.495 e. The van der Waals surface area contributed by atoms with Gasteiger partial charge in [-0.2, -0.15) is 0 Å². The van der Waals surface area contributed by atoms with Crippen molar-refractivity contribution in [2.24, 2.45) is 5.41 Å². The standard InChI is InChI=1S/C19H28BrNO3/c1-18(2,3)16-9-8-12-10-13(20)15(23-7)11-14(12)21(16)17(22)24-19(4,5)6/h10-11,16H,8-9H2,1-7H3.